The first-order chi connectivity index (χ1) is 7.06. The van der Waals surface area contributed by atoms with Crippen LogP contribution in [0.1, 0.15) is 17.3 Å². The van der Waals surface area contributed by atoms with Crippen molar-refractivity contribution in [2.75, 3.05) is 6.61 Å². The minimum Gasteiger partial charge on any atom is -0.462 e. The second-order valence-electron chi connectivity index (χ2n) is 2.64. The van der Waals surface area contributed by atoms with E-state index in [-0.39, 0.29) is 17.9 Å². The number of nitro groups is 1. The van der Waals surface area contributed by atoms with Gasteiger partial charge in [-0.15, -0.1) is 0 Å². The number of non-ortho nitro benzene ring substituents is 1. The Balaban J connectivity index is 3.03. The molecule has 5 nitrogen and oxygen atoms in total. The number of rotatable bonds is 3. The smallest absolute Gasteiger partial charge is 0.339 e. The van der Waals surface area contributed by atoms with Crippen molar-refractivity contribution < 1.29 is 14.5 Å². The van der Waals surface area contributed by atoms with Gasteiger partial charge in [-0.1, -0.05) is 0 Å². The lowest BCUT2D eigenvalue weighted by Crippen LogP contribution is -2.05. The number of esters is 1. The summed E-state index contributed by atoms with van der Waals surface area (Å²) in [4.78, 5) is 21.2. The average Bonchev–Trinajstić information content (AvgIpc) is 2.17. The summed E-state index contributed by atoms with van der Waals surface area (Å²) in [6.45, 7) is 1.96. The second-order valence-corrected chi connectivity index (χ2v) is 3.50. The van der Waals surface area contributed by atoms with Gasteiger partial charge >= 0.3 is 5.97 Å². The lowest BCUT2D eigenvalue weighted by atomic mass is 10.2. The van der Waals surface area contributed by atoms with Crippen molar-refractivity contribution in [3.63, 3.8) is 0 Å². The van der Waals surface area contributed by atoms with Gasteiger partial charge in [0.05, 0.1) is 17.1 Å². The first-order valence-electron chi connectivity index (χ1n) is 4.17. The maximum atomic E-state index is 11.3. The zero-order valence-corrected chi connectivity index (χ0v) is 9.48. The summed E-state index contributed by atoms with van der Waals surface area (Å²) in [5.41, 5.74) is 0.206. The fraction of sp³-hybridized carbons (Fsp3) is 0.222. The molecule has 0 saturated carbocycles. The predicted molar refractivity (Wildman–Crippen MR) is 56.8 cm³/mol. The van der Waals surface area contributed by atoms with E-state index in [1.807, 2.05) is 0 Å². The molecule has 1 aromatic carbocycles. The topological polar surface area (TPSA) is 69.4 Å². The summed E-state index contributed by atoms with van der Waals surface area (Å²) in [7, 11) is 0. The molecule has 0 unspecified atom stereocenters. The van der Waals surface area contributed by atoms with Crippen molar-refractivity contribution in [2.45, 2.75) is 6.92 Å². The summed E-state index contributed by atoms with van der Waals surface area (Å²) < 4.78 is 5.13. The number of nitrogens with zero attached hydrogens (tertiary/aromatic N) is 1. The molecule has 0 bridgehead atoms. The molecule has 0 fully saturated rings. The molecule has 0 saturated heterocycles. The minimum atomic E-state index is -0.528. The highest BCUT2D eigenvalue weighted by Crippen LogP contribution is 2.23. The van der Waals surface area contributed by atoms with E-state index in [0.29, 0.717) is 4.47 Å². The minimum absolute atomic E-state index is 0.0741. The number of halogens is 1. The van der Waals surface area contributed by atoms with Crippen LogP contribution in [0.15, 0.2) is 22.7 Å². The van der Waals surface area contributed by atoms with Crippen molar-refractivity contribution >= 4 is 27.6 Å². The molecule has 0 aliphatic carbocycles. The number of hydrogen-bond donors (Lipinski definition) is 0. The van der Waals surface area contributed by atoms with Crippen LogP contribution in [0.3, 0.4) is 0 Å². The Labute approximate surface area is 94.3 Å². The van der Waals surface area contributed by atoms with E-state index < -0.39 is 10.9 Å². The monoisotopic (exact) mass is 273 g/mol. The highest BCUT2D eigenvalue weighted by Gasteiger charge is 2.14. The van der Waals surface area contributed by atoms with Crippen LogP contribution in [0.2, 0.25) is 0 Å². The molecule has 80 valence electrons. The highest BCUT2D eigenvalue weighted by atomic mass is 79.9. The lowest BCUT2D eigenvalue weighted by Gasteiger charge is -2.03. The molecule has 15 heavy (non-hydrogen) atoms. The number of carbonyl (C=O) groups is 1. The Hall–Kier alpha value is -1.43. The van der Waals surface area contributed by atoms with E-state index >= 15 is 0 Å². The van der Waals surface area contributed by atoms with Crippen LogP contribution in [0.4, 0.5) is 5.69 Å². The van der Waals surface area contributed by atoms with Crippen LogP contribution < -0.4 is 0 Å². The molecule has 0 radical (unpaired) electrons. The van der Waals surface area contributed by atoms with E-state index in [4.69, 9.17) is 4.74 Å². The Morgan fingerprint density at radius 3 is 2.73 bits per heavy atom. The van der Waals surface area contributed by atoms with E-state index in [1.54, 1.807) is 6.92 Å². The maximum absolute atomic E-state index is 11.3. The maximum Gasteiger partial charge on any atom is 0.339 e. The standard InChI is InChI=1S/C9H8BrNO4/c1-2-15-9(12)7-4-3-6(11(13)14)5-8(7)10/h3-5H,2H2,1H3. The quantitative estimate of drug-likeness (QED) is 0.482. The molecular weight excluding hydrogens is 266 g/mol. The van der Waals surface area contributed by atoms with Crippen LogP contribution in [-0.4, -0.2) is 17.5 Å². The number of hydrogen-bond acceptors (Lipinski definition) is 4. The SMILES string of the molecule is CCOC(=O)c1ccc([N+](=O)[O-])cc1Br. The molecular formula is C9H8BrNO4. The molecule has 6 heteroatoms. The van der Waals surface area contributed by atoms with Gasteiger partial charge in [-0.2, -0.15) is 0 Å². The second kappa shape index (κ2) is 4.88. The fourth-order valence-electron chi connectivity index (χ4n) is 0.992. The summed E-state index contributed by atoms with van der Waals surface area (Å²) in [5.74, 6) is -0.501. The Bertz CT molecular complexity index is 405. The molecule has 1 rings (SSSR count). The molecule has 0 aliphatic rings. The lowest BCUT2D eigenvalue weighted by molar-refractivity contribution is -0.384. The van der Waals surface area contributed by atoms with Gasteiger partial charge in [0.1, 0.15) is 0 Å². The van der Waals surface area contributed by atoms with Crippen LogP contribution >= 0.6 is 15.9 Å². The van der Waals surface area contributed by atoms with E-state index in [1.165, 1.54) is 18.2 Å². The highest BCUT2D eigenvalue weighted by molar-refractivity contribution is 9.10. The number of ether oxygens (including phenoxy) is 1. The molecule has 0 amide bonds. The zero-order valence-electron chi connectivity index (χ0n) is 7.90. The third-order valence-corrected chi connectivity index (χ3v) is 2.31. The first-order valence-corrected chi connectivity index (χ1v) is 4.96. The molecule has 0 spiro atoms. The Morgan fingerprint density at radius 1 is 1.60 bits per heavy atom. The Kier molecular flexibility index (Phi) is 3.79. The van der Waals surface area contributed by atoms with E-state index in [9.17, 15) is 14.9 Å². The van der Waals surface area contributed by atoms with E-state index in [0.717, 1.165) is 0 Å². The van der Waals surface area contributed by atoms with Crippen molar-refractivity contribution in [3.8, 4) is 0 Å². The molecule has 0 heterocycles. The van der Waals surface area contributed by atoms with Crippen LogP contribution in [0.5, 0.6) is 0 Å². The molecule has 0 aliphatic heterocycles. The van der Waals surface area contributed by atoms with Gasteiger partial charge in [-0.05, 0) is 28.9 Å². The van der Waals surface area contributed by atoms with Crippen LogP contribution in [0, 0.1) is 10.1 Å². The van der Waals surface area contributed by atoms with Gasteiger partial charge in [0.2, 0.25) is 0 Å². The number of nitro benzene ring substituents is 1. The summed E-state index contributed by atoms with van der Waals surface area (Å²) >= 11 is 3.08. The van der Waals surface area contributed by atoms with Gasteiger partial charge in [0.15, 0.2) is 0 Å². The van der Waals surface area contributed by atoms with Gasteiger partial charge in [-0.3, -0.25) is 10.1 Å². The predicted octanol–water partition coefficient (Wildman–Crippen LogP) is 2.53. The van der Waals surface area contributed by atoms with Gasteiger partial charge in [0, 0.05) is 16.6 Å². The third kappa shape index (κ3) is 2.76. The van der Waals surface area contributed by atoms with E-state index in [2.05, 4.69) is 15.9 Å². The van der Waals surface area contributed by atoms with Crippen LogP contribution in [-0.2, 0) is 4.74 Å². The normalized spacial score (nSPS) is 9.73. The summed E-state index contributed by atoms with van der Waals surface area (Å²) in [6.07, 6.45) is 0. The number of carbonyl (C=O) groups excluding carboxylic acids is 1. The van der Waals surface area contributed by atoms with Gasteiger partial charge < -0.3 is 4.74 Å². The van der Waals surface area contributed by atoms with Gasteiger partial charge in [0.25, 0.3) is 5.69 Å². The number of benzene rings is 1. The van der Waals surface area contributed by atoms with Gasteiger partial charge in [-0.25, -0.2) is 4.79 Å². The fourth-order valence-corrected chi connectivity index (χ4v) is 1.52. The van der Waals surface area contributed by atoms with Crippen molar-refractivity contribution in [3.05, 3.63) is 38.3 Å². The summed E-state index contributed by atoms with van der Waals surface area (Å²) in [5, 5.41) is 10.4. The zero-order chi connectivity index (χ0) is 11.4. The molecule has 0 aromatic heterocycles. The van der Waals surface area contributed by atoms with Crippen molar-refractivity contribution in [2.24, 2.45) is 0 Å². The van der Waals surface area contributed by atoms with Crippen molar-refractivity contribution in [1.29, 1.82) is 0 Å². The summed E-state index contributed by atoms with van der Waals surface area (Å²) in [6, 6.07) is 3.89. The molecule has 0 N–H and O–H groups in total. The van der Waals surface area contributed by atoms with Crippen LogP contribution in [0.25, 0.3) is 0 Å². The molecule has 1 aromatic rings. The third-order valence-electron chi connectivity index (χ3n) is 1.66. The Morgan fingerprint density at radius 2 is 2.27 bits per heavy atom. The van der Waals surface area contributed by atoms with Crippen molar-refractivity contribution in [1.82, 2.24) is 0 Å². The largest absolute Gasteiger partial charge is 0.462 e. The first kappa shape index (κ1) is 11.6. The average molecular weight is 274 g/mol. The molecule has 0 atom stereocenters.